The maximum Gasteiger partial charge on any atom is 0.277 e. The summed E-state index contributed by atoms with van der Waals surface area (Å²) >= 11 is 12.2. The molecule has 3 rings (SSSR count). The molecule has 2 heterocycles. The van der Waals surface area contributed by atoms with Gasteiger partial charge in [-0.3, -0.25) is 9.48 Å². The summed E-state index contributed by atoms with van der Waals surface area (Å²) in [5, 5.41) is 7.72. The minimum atomic E-state index is -0.423. The first-order valence-electron chi connectivity index (χ1n) is 7.89. The van der Waals surface area contributed by atoms with E-state index >= 15 is 0 Å². The number of nitrogens with one attached hydrogen (secondary N) is 1. The molecule has 3 aromatic rings. The maximum atomic E-state index is 12.3. The van der Waals surface area contributed by atoms with Gasteiger partial charge in [-0.15, -0.1) is 0 Å². The van der Waals surface area contributed by atoms with Crippen molar-refractivity contribution < 1.29 is 9.53 Å². The van der Waals surface area contributed by atoms with Gasteiger partial charge in [-0.05, 0) is 24.3 Å². The summed E-state index contributed by atoms with van der Waals surface area (Å²) in [7, 11) is 1.60. The van der Waals surface area contributed by atoms with Crippen molar-refractivity contribution in [1.82, 2.24) is 19.7 Å². The van der Waals surface area contributed by atoms with E-state index < -0.39 is 5.91 Å². The molecule has 1 amide bonds. The number of carbonyl (C=O) groups excluding carboxylic acids is 1. The van der Waals surface area contributed by atoms with Gasteiger partial charge in [0.05, 0.1) is 24.4 Å². The molecule has 3 N–H and O–H groups in total. The molecule has 0 spiro atoms. The Kier molecular flexibility index (Phi) is 5.90. The van der Waals surface area contributed by atoms with E-state index in [1.165, 1.54) is 6.20 Å². The van der Waals surface area contributed by atoms with Gasteiger partial charge in [0.25, 0.3) is 5.91 Å². The van der Waals surface area contributed by atoms with Crippen LogP contribution in [0.1, 0.15) is 10.5 Å². The maximum absolute atomic E-state index is 12.3. The van der Waals surface area contributed by atoms with Gasteiger partial charge in [-0.2, -0.15) is 5.10 Å². The number of amides is 1. The van der Waals surface area contributed by atoms with Crippen molar-refractivity contribution in [2.24, 2.45) is 0 Å². The molecule has 0 aliphatic heterocycles. The average Bonchev–Trinajstić information content (AvgIpc) is 3.11. The third kappa shape index (κ3) is 4.54. The Morgan fingerprint density at radius 1 is 1.33 bits per heavy atom. The van der Waals surface area contributed by atoms with Crippen molar-refractivity contribution in [3.05, 3.63) is 52.4 Å². The number of hydrogen-bond acceptors (Lipinski definition) is 6. The predicted octanol–water partition coefficient (Wildman–Crippen LogP) is 3.13. The van der Waals surface area contributed by atoms with Gasteiger partial charge in [0.15, 0.2) is 17.3 Å². The van der Waals surface area contributed by atoms with Crippen molar-refractivity contribution in [3.63, 3.8) is 0 Å². The van der Waals surface area contributed by atoms with Gasteiger partial charge in [0.2, 0.25) is 0 Å². The molecular formula is C17H16Cl2N6O2. The fraction of sp³-hybridized carbons (Fsp3) is 0.176. The largest absolute Gasteiger partial charge is 0.383 e. The summed E-state index contributed by atoms with van der Waals surface area (Å²) in [6, 6.07) is 6.56. The van der Waals surface area contributed by atoms with E-state index in [2.05, 4.69) is 20.4 Å². The Hall–Kier alpha value is -2.68. The Morgan fingerprint density at radius 2 is 2.15 bits per heavy atom. The molecule has 0 aliphatic rings. The smallest absolute Gasteiger partial charge is 0.277 e. The third-order valence-corrected chi connectivity index (χ3v) is 4.19. The van der Waals surface area contributed by atoms with Gasteiger partial charge in [0.1, 0.15) is 5.69 Å². The Bertz CT molecular complexity index is 976. The van der Waals surface area contributed by atoms with Crippen molar-refractivity contribution in [1.29, 1.82) is 0 Å². The van der Waals surface area contributed by atoms with Crippen LogP contribution in [0.25, 0.3) is 11.3 Å². The highest BCUT2D eigenvalue weighted by Crippen LogP contribution is 2.32. The molecule has 0 radical (unpaired) electrons. The first-order chi connectivity index (χ1) is 13.0. The number of ether oxygens (including phenoxy) is 1. The van der Waals surface area contributed by atoms with Crippen LogP contribution in [0.2, 0.25) is 10.0 Å². The molecule has 27 heavy (non-hydrogen) atoms. The van der Waals surface area contributed by atoms with Gasteiger partial charge >= 0.3 is 0 Å². The molecular weight excluding hydrogens is 391 g/mol. The average molecular weight is 407 g/mol. The topological polar surface area (TPSA) is 108 Å². The van der Waals surface area contributed by atoms with Crippen molar-refractivity contribution in [2.75, 3.05) is 24.8 Å². The van der Waals surface area contributed by atoms with Crippen LogP contribution in [0, 0.1) is 0 Å². The SMILES string of the molecule is COCCn1ccc(C(=O)Nc2cnc(-c3cc(Cl)ccc3Cl)c(N)n2)n1. The first kappa shape index (κ1) is 19.1. The number of aromatic nitrogens is 4. The summed E-state index contributed by atoms with van der Waals surface area (Å²) in [6.07, 6.45) is 3.08. The second-order valence-electron chi connectivity index (χ2n) is 5.52. The van der Waals surface area contributed by atoms with E-state index in [0.29, 0.717) is 34.5 Å². The molecule has 0 saturated carbocycles. The molecule has 0 aliphatic carbocycles. The van der Waals surface area contributed by atoms with Crippen LogP contribution in [0.15, 0.2) is 36.7 Å². The van der Waals surface area contributed by atoms with Crippen LogP contribution in [0.5, 0.6) is 0 Å². The lowest BCUT2D eigenvalue weighted by atomic mass is 10.1. The molecule has 0 bridgehead atoms. The summed E-state index contributed by atoms with van der Waals surface area (Å²) in [5.74, 6) is -0.109. The number of nitrogens with two attached hydrogens (primary N) is 1. The predicted molar refractivity (Wildman–Crippen MR) is 104 cm³/mol. The van der Waals surface area contributed by atoms with Gasteiger partial charge < -0.3 is 15.8 Å². The van der Waals surface area contributed by atoms with Crippen LogP contribution in [-0.4, -0.2) is 39.4 Å². The van der Waals surface area contributed by atoms with Crippen molar-refractivity contribution in [2.45, 2.75) is 6.54 Å². The molecule has 0 saturated heterocycles. The Morgan fingerprint density at radius 3 is 2.89 bits per heavy atom. The summed E-state index contributed by atoms with van der Waals surface area (Å²) in [6.45, 7) is 1.05. The summed E-state index contributed by atoms with van der Waals surface area (Å²) in [5.41, 5.74) is 7.17. The molecule has 8 nitrogen and oxygen atoms in total. The Labute approximate surface area is 165 Å². The zero-order chi connectivity index (χ0) is 19.4. The number of anilines is 2. The lowest BCUT2D eigenvalue weighted by Crippen LogP contribution is -2.15. The molecule has 10 heteroatoms. The quantitative estimate of drug-likeness (QED) is 0.650. The van der Waals surface area contributed by atoms with Crippen molar-refractivity contribution in [3.8, 4) is 11.3 Å². The monoisotopic (exact) mass is 406 g/mol. The number of hydrogen-bond donors (Lipinski definition) is 2. The van der Waals surface area contributed by atoms with E-state index in [-0.39, 0.29) is 17.3 Å². The fourth-order valence-electron chi connectivity index (χ4n) is 2.32. The van der Waals surface area contributed by atoms with Crippen LogP contribution in [-0.2, 0) is 11.3 Å². The third-order valence-electron chi connectivity index (χ3n) is 3.62. The van der Waals surface area contributed by atoms with Gasteiger partial charge in [-0.25, -0.2) is 9.97 Å². The van der Waals surface area contributed by atoms with E-state index in [4.69, 9.17) is 33.7 Å². The van der Waals surface area contributed by atoms with E-state index in [9.17, 15) is 4.79 Å². The van der Waals surface area contributed by atoms with E-state index in [0.717, 1.165) is 0 Å². The van der Waals surface area contributed by atoms with Crippen LogP contribution in [0.3, 0.4) is 0 Å². The van der Waals surface area contributed by atoms with Gasteiger partial charge in [-0.1, -0.05) is 23.2 Å². The number of nitrogen functional groups attached to an aromatic ring is 1. The molecule has 2 aromatic heterocycles. The number of benzene rings is 1. The zero-order valence-electron chi connectivity index (χ0n) is 14.3. The number of rotatable bonds is 6. The number of methoxy groups -OCH3 is 1. The van der Waals surface area contributed by atoms with Crippen molar-refractivity contribution >= 4 is 40.7 Å². The highest BCUT2D eigenvalue weighted by atomic mass is 35.5. The summed E-state index contributed by atoms with van der Waals surface area (Å²) < 4.78 is 6.59. The second-order valence-corrected chi connectivity index (χ2v) is 6.37. The lowest BCUT2D eigenvalue weighted by Gasteiger charge is -2.09. The molecule has 0 atom stereocenters. The van der Waals surface area contributed by atoms with Crippen LogP contribution >= 0.6 is 23.2 Å². The molecule has 140 valence electrons. The van der Waals surface area contributed by atoms with E-state index in [1.807, 2.05) is 0 Å². The minimum absolute atomic E-state index is 0.114. The molecule has 1 aromatic carbocycles. The fourth-order valence-corrected chi connectivity index (χ4v) is 2.70. The van der Waals surface area contributed by atoms with Gasteiger partial charge in [0, 0.05) is 23.9 Å². The lowest BCUT2D eigenvalue weighted by molar-refractivity contribution is 0.102. The van der Waals surface area contributed by atoms with Crippen LogP contribution in [0.4, 0.5) is 11.6 Å². The second kappa shape index (κ2) is 8.34. The highest BCUT2D eigenvalue weighted by molar-refractivity contribution is 6.35. The van der Waals surface area contributed by atoms with E-state index in [1.54, 1.807) is 42.3 Å². The highest BCUT2D eigenvalue weighted by Gasteiger charge is 2.14. The first-order valence-corrected chi connectivity index (χ1v) is 8.65. The summed E-state index contributed by atoms with van der Waals surface area (Å²) in [4.78, 5) is 20.7. The van der Waals surface area contributed by atoms with Crippen LogP contribution < -0.4 is 11.1 Å². The number of nitrogens with zero attached hydrogens (tertiary/aromatic N) is 4. The molecule has 0 fully saturated rings. The molecule has 0 unspecified atom stereocenters. The standard InChI is InChI=1S/C17H16Cl2N6O2/c1-27-7-6-25-5-4-13(24-25)17(26)23-14-9-21-15(16(20)22-14)11-8-10(18)2-3-12(11)19/h2-5,8-9H,6-7H2,1H3,(H3,20,22,23,26). The number of halogens is 2. The normalized spacial score (nSPS) is 10.8. The number of carbonyl (C=O) groups is 1. The zero-order valence-corrected chi connectivity index (χ0v) is 15.8. The minimum Gasteiger partial charge on any atom is -0.383 e. The Balaban J connectivity index is 1.76.